The first-order valence-electron chi connectivity index (χ1n) is 5.94. The van der Waals surface area contributed by atoms with Crippen LogP contribution in [-0.4, -0.2) is 38.8 Å². The summed E-state index contributed by atoms with van der Waals surface area (Å²) in [5.41, 5.74) is 0.434. The van der Waals surface area contributed by atoms with Crippen LogP contribution in [0.15, 0.2) is 24.3 Å². The van der Waals surface area contributed by atoms with E-state index in [2.05, 4.69) is 5.32 Å². The van der Waals surface area contributed by atoms with Crippen LogP contribution in [0.1, 0.15) is 6.42 Å². The molecule has 1 aliphatic rings. The highest BCUT2D eigenvalue weighted by Crippen LogP contribution is 2.29. The van der Waals surface area contributed by atoms with Crippen LogP contribution in [0.2, 0.25) is 0 Å². The highest BCUT2D eigenvalue weighted by Gasteiger charge is 2.31. The summed E-state index contributed by atoms with van der Waals surface area (Å²) >= 11 is 0. The van der Waals surface area contributed by atoms with E-state index in [0.29, 0.717) is 18.0 Å². The molecule has 6 nitrogen and oxygen atoms in total. The zero-order valence-electron chi connectivity index (χ0n) is 10.9. The number of methoxy groups -OCH3 is 2. The average molecular weight is 264 g/mol. The standard InChI is InChI=1S/C13H16N2O4/c1-18-9-7-12(16)15(13(17)14-8-9)10-5-3-4-6-11(10)19-2/h3-6,9H,7-8H2,1-2H3,(H,14,17). The molecule has 1 aromatic carbocycles. The SMILES string of the molecule is COc1ccccc1N1C(=O)CC(OC)CNC1=O. The minimum atomic E-state index is -0.464. The molecule has 0 radical (unpaired) electrons. The molecule has 102 valence electrons. The maximum Gasteiger partial charge on any atom is 0.328 e. The van der Waals surface area contributed by atoms with Crippen molar-refractivity contribution in [3.05, 3.63) is 24.3 Å². The maximum absolute atomic E-state index is 12.2. The van der Waals surface area contributed by atoms with Gasteiger partial charge in [0.25, 0.3) is 0 Å². The Morgan fingerprint density at radius 2 is 2.00 bits per heavy atom. The molecule has 0 saturated carbocycles. The third-order valence-electron chi connectivity index (χ3n) is 3.00. The topological polar surface area (TPSA) is 67.9 Å². The van der Waals surface area contributed by atoms with E-state index < -0.39 is 6.03 Å². The Morgan fingerprint density at radius 1 is 1.26 bits per heavy atom. The fraction of sp³-hybridized carbons (Fsp3) is 0.385. The maximum atomic E-state index is 12.2. The molecule has 0 aliphatic carbocycles. The van der Waals surface area contributed by atoms with E-state index in [1.165, 1.54) is 14.2 Å². The van der Waals surface area contributed by atoms with Crippen LogP contribution in [0.3, 0.4) is 0 Å². The molecule has 1 atom stereocenters. The van der Waals surface area contributed by atoms with Gasteiger partial charge >= 0.3 is 6.03 Å². The van der Waals surface area contributed by atoms with Crippen LogP contribution >= 0.6 is 0 Å². The van der Waals surface area contributed by atoms with Gasteiger partial charge in [-0.25, -0.2) is 9.69 Å². The van der Waals surface area contributed by atoms with Crippen LogP contribution in [0.5, 0.6) is 5.75 Å². The number of amides is 3. The van der Waals surface area contributed by atoms with Gasteiger partial charge in [0.2, 0.25) is 5.91 Å². The fourth-order valence-corrected chi connectivity index (χ4v) is 1.98. The molecule has 1 unspecified atom stereocenters. The predicted molar refractivity (Wildman–Crippen MR) is 69.3 cm³/mol. The Hall–Kier alpha value is -2.08. The van der Waals surface area contributed by atoms with Crippen molar-refractivity contribution in [2.45, 2.75) is 12.5 Å². The summed E-state index contributed by atoms with van der Waals surface area (Å²) < 4.78 is 10.3. The number of rotatable bonds is 3. The van der Waals surface area contributed by atoms with E-state index in [1.54, 1.807) is 24.3 Å². The number of hydrogen-bond donors (Lipinski definition) is 1. The number of anilines is 1. The second-order valence-electron chi connectivity index (χ2n) is 4.15. The summed E-state index contributed by atoms with van der Waals surface area (Å²) in [7, 11) is 3.01. The molecule has 0 spiro atoms. The summed E-state index contributed by atoms with van der Waals surface area (Å²) in [5.74, 6) is 0.160. The summed E-state index contributed by atoms with van der Waals surface area (Å²) in [6.07, 6.45) is -0.163. The monoisotopic (exact) mass is 264 g/mol. The second-order valence-corrected chi connectivity index (χ2v) is 4.15. The Kier molecular flexibility index (Phi) is 4.01. The molecule has 6 heteroatoms. The van der Waals surface area contributed by atoms with Crippen LogP contribution in [-0.2, 0) is 9.53 Å². The number of urea groups is 1. The largest absolute Gasteiger partial charge is 0.495 e. The number of carbonyl (C=O) groups excluding carboxylic acids is 2. The molecule has 1 aromatic rings. The van der Waals surface area contributed by atoms with Crippen molar-refractivity contribution in [2.24, 2.45) is 0 Å². The van der Waals surface area contributed by atoms with Gasteiger partial charge in [0.1, 0.15) is 5.75 Å². The van der Waals surface area contributed by atoms with E-state index in [0.717, 1.165) is 4.90 Å². The summed E-state index contributed by atoms with van der Waals surface area (Å²) in [5, 5.41) is 2.66. The van der Waals surface area contributed by atoms with E-state index in [4.69, 9.17) is 9.47 Å². The molecule has 3 amide bonds. The van der Waals surface area contributed by atoms with Crippen molar-refractivity contribution >= 4 is 17.6 Å². The lowest BCUT2D eigenvalue weighted by atomic mass is 10.2. The number of nitrogens with zero attached hydrogens (tertiary/aromatic N) is 1. The van der Waals surface area contributed by atoms with Gasteiger partial charge in [-0.05, 0) is 12.1 Å². The number of carbonyl (C=O) groups is 2. The van der Waals surface area contributed by atoms with Gasteiger partial charge in [-0.2, -0.15) is 0 Å². The Morgan fingerprint density at radius 3 is 2.68 bits per heavy atom. The number of para-hydroxylation sites is 2. The smallest absolute Gasteiger partial charge is 0.328 e. The van der Waals surface area contributed by atoms with Gasteiger partial charge in [-0.1, -0.05) is 12.1 Å². The molecule has 1 saturated heterocycles. The van der Waals surface area contributed by atoms with Crippen molar-refractivity contribution in [3.8, 4) is 5.75 Å². The molecular formula is C13H16N2O4. The first kappa shape index (κ1) is 13.4. The van der Waals surface area contributed by atoms with E-state index in [1.807, 2.05) is 0 Å². The van der Waals surface area contributed by atoms with Crippen LogP contribution in [0, 0.1) is 0 Å². The van der Waals surface area contributed by atoms with Crippen molar-refractivity contribution in [1.29, 1.82) is 0 Å². The highest BCUT2D eigenvalue weighted by atomic mass is 16.5. The third-order valence-corrected chi connectivity index (χ3v) is 3.00. The summed E-state index contributed by atoms with van der Waals surface area (Å²) in [6, 6.07) is 6.43. The van der Waals surface area contributed by atoms with E-state index in [-0.39, 0.29) is 18.4 Å². The van der Waals surface area contributed by atoms with Gasteiger partial charge in [0, 0.05) is 13.7 Å². The van der Waals surface area contributed by atoms with Crippen LogP contribution in [0.4, 0.5) is 10.5 Å². The van der Waals surface area contributed by atoms with Gasteiger partial charge < -0.3 is 14.8 Å². The van der Waals surface area contributed by atoms with Gasteiger partial charge in [0.05, 0.1) is 25.3 Å². The normalized spacial score (nSPS) is 19.9. The molecule has 0 aromatic heterocycles. The lowest BCUT2D eigenvalue weighted by molar-refractivity contribution is -0.119. The molecule has 1 fully saturated rings. The van der Waals surface area contributed by atoms with Crippen molar-refractivity contribution < 1.29 is 19.1 Å². The van der Waals surface area contributed by atoms with Gasteiger partial charge in [0.15, 0.2) is 0 Å². The quantitative estimate of drug-likeness (QED) is 0.889. The Balaban J connectivity index is 2.36. The number of hydrogen-bond acceptors (Lipinski definition) is 4. The second kappa shape index (κ2) is 5.71. The van der Waals surface area contributed by atoms with Gasteiger partial charge in [-0.3, -0.25) is 4.79 Å². The van der Waals surface area contributed by atoms with Crippen LogP contribution in [0.25, 0.3) is 0 Å². The number of ether oxygens (including phenoxy) is 2. The predicted octanol–water partition coefficient (Wildman–Crippen LogP) is 1.16. The first-order chi connectivity index (χ1) is 9.17. The fourth-order valence-electron chi connectivity index (χ4n) is 1.98. The molecule has 2 rings (SSSR count). The van der Waals surface area contributed by atoms with Crippen molar-refractivity contribution in [1.82, 2.24) is 5.32 Å². The lowest BCUT2D eigenvalue weighted by Crippen LogP contribution is -2.41. The zero-order chi connectivity index (χ0) is 13.8. The van der Waals surface area contributed by atoms with E-state index >= 15 is 0 Å². The highest BCUT2D eigenvalue weighted by molar-refractivity contribution is 6.15. The Labute approximate surface area is 111 Å². The molecule has 0 bridgehead atoms. The molecule has 1 heterocycles. The Bertz CT molecular complexity index is 489. The van der Waals surface area contributed by atoms with Crippen molar-refractivity contribution in [2.75, 3.05) is 25.7 Å². The van der Waals surface area contributed by atoms with Crippen molar-refractivity contribution in [3.63, 3.8) is 0 Å². The zero-order valence-corrected chi connectivity index (χ0v) is 10.9. The average Bonchev–Trinajstić information content (AvgIpc) is 2.57. The first-order valence-corrected chi connectivity index (χ1v) is 5.94. The molecule has 19 heavy (non-hydrogen) atoms. The molecule has 1 aliphatic heterocycles. The number of imide groups is 1. The molecule has 1 N–H and O–H groups in total. The number of benzene rings is 1. The minimum Gasteiger partial charge on any atom is -0.495 e. The van der Waals surface area contributed by atoms with Crippen LogP contribution < -0.4 is 15.0 Å². The summed E-state index contributed by atoms with van der Waals surface area (Å²) in [4.78, 5) is 25.3. The minimum absolute atomic E-state index is 0.146. The number of nitrogens with one attached hydrogen (secondary N) is 1. The molecular weight excluding hydrogens is 248 g/mol. The lowest BCUT2D eigenvalue weighted by Gasteiger charge is -2.20. The van der Waals surface area contributed by atoms with E-state index in [9.17, 15) is 9.59 Å². The third kappa shape index (κ3) is 2.68. The summed E-state index contributed by atoms with van der Waals surface area (Å²) in [6.45, 7) is 0.312. The van der Waals surface area contributed by atoms with Gasteiger partial charge in [-0.15, -0.1) is 0 Å².